The van der Waals surface area contributed by atoms with E-state index in [1.54, 1.807) is 0 Å². The third-order valence-electron chi connectivity index (χ3n) is 3.99. The minimum absolute atomic E-state index is 0. The molecule has 1 heterocycles. The van der Waals surface area contributed by atoms with Gasteiger partial charge in [-0.25, -0.2) is 0 Å². The second-order valence-corrected chi connectivity index (χ2v) is 6.87. The summed E-state index contributed by atoms with van der Waals surface area (Å²) in [6.45, 7) is 5.33. The Hall–Kier alpha value is -1.33. The van der Waals surface area contributed by atoms with E-state index < -0.39 is 0 Å². The van der Waals surface area contributed by atoms with Crippen molar-refractivity contribution in [3.63, 3.8) is 0 Å². The van der Waals surface area contributed by atoms with Crippen LogP contribution in [0.25, 0.3) is 0 Å². The predicted octanol–water partition coefficient (Wildman–Crippen LogP) is 1.94. The van der Waals surface area contributed by atoms with Crippen LogP contribution in [0, 0.1) is 13.8 Å². The molecule has 0 N–H and O–H groups in total. The lowest BCUT2D eigenvalue weighted by molar-refractivity contribution is -0.700. The number of aromatic nitrogens is 1. The van der Waals surface area contributed by atoms with Crippen LogP contribution in [0.15, 0.2) is 77.7 Å². The molecule has 3 heteroatoms. The lowest BCUT2D eigenvalue weighted by Gasteiger charge is -2.08. The van der Waals surface area contributed by atoms with E-state index in [0.717, 1.165) is 12.3 Å². The highest BCUT2D eigenvalue weighted by atomic mass is 127. The molecule has 0 unspecified atom stereocenters. The topological polar surface area (TPSA) is 3.88 Å². The summed E-state index contributed by atoms with van der Waals surface area (Å²) in [4.78, 5) is 1.34. The summed E-state index contributed by atoms with van der Waals surface area (Å²) in [6.07, 6.45) is 0. The number of thioether (sulfide) groups is 1. The number of halogens is 1. The summed E-state index contributed by atoms with van der Waals surface area (Å²) in [5.41, 5.74) is 5.33. The van der Waals surface area contributed by atoms with Gasteiger partial charge >= 0.3 is 0 Å². The number of nitrogens with zero attached hydrogens (tertiary/aromatic N) is 1. The van der Waals surface area contributed by atoms with Gasteiger partial charge in [-0.1, -0.05) is 60.7 Å². The van der Waals surface area contributed by atoms with Gasteiger partial charge in [-0.05, 0) is 5.56 Å². The molecule has 0 aliphatic rings. The smallest absolute Gasteiger partial charge is 0.179 e. The van der Waals surface area contributed by atoms with Gasteiger partial charge in [0.05, 0.1) is 0 Å². The first-order valence-electron chi connectivity index (χ1n) is 7.94. The molecule has 2 aromatic carbocycles. The van der Waals surface area contributed by atoms with E-state index >= 15 is 0 Å². The Labute approximate surface area is 166 Å². The van der Waals surface area contributed by atoms with Gasteiger partial charge < -0.3 is 24.0 Å². The molecular formula is C21H22INS. The molecule has 24 heavy (non-hydrogen) atoms. The molecule has 3 aromatic rings. The molecule has 0 bridgehead atoms. The van der Waals surface area contributed by atoms with Gasteiger partial charge in [0.25, 0.3) is 0 Å². The Morgan fingerprint density at radius 1 is 0.750 bits per heavy atom. The first-order chi connectivity index (χ1) is 11.2. The van der Waals surface area contributed by atoms with Crippen molar-refractivity contribution >= 4 is 11.8 Å². The standard InChI is InChI=1S/C21H22NS.HI/c1-17-13-21(23-16-20-11-7-4-8-12-20)14-18(2)22(17)15-19-9-5-3-6-10-19;/h3-14H,15-16H2,1-2H3;1H/q+1;/p-1. The summed E-state index contributed by atoms with van der Waals surface area (Å²) in [7, 11) is 0. The fourth-order valence-corrected chi connectivity index (χ4v) is 3.76. The van der Waals surface area contributed by atoms with Gasteiger partial charge in [-0.3, -0.25) is 0 Å². The summed E-state index contributed by atoms with van der Waals surface area (Å²) in [5, 5.41) is 0. The van der Waals surface area contributed by atoms with E-state index in [0.29, 0.717) is 0 Å². The van der Waals surface area contributed by atoms with E-state index in [-0.39, 0.29) is 24.0 Å². The Balaban J connectivity index is 0.00000208. The Kier molecular flexibility index (Phi) is 7.31. The van der Waals surface area contributed by atoms with Gasteiger partial charge in [0.1, 0.15) is 0 Å². The third-order valence-corrected chi connectivity index (χ3v) is 5.03. The van der Waals surface area contributed by atoms with Crippen LogP contribution >= 0.6 is 11.8 Å². The first-order valence-corrected chi connectivity index (χ1v) is 8.93. The lowest BCUT2D eigenvalue weighted by Crippen LogP contribution is -3.00. The molecular weight excluding hydrogens is 425 g/mol. The average molecular weight is 447 g/mol. The number of pyridine rings is 1. The minimum atomic E-state index is 0. The lowest BCUT2D eigenvalue weighted by atomic mass is 10.2. The fraction of sp³-hybridized carbons (Fsp3) is 0.190. The molecule has 0 spiro atoms. The van der Waals surface area contributed by atoms with Crippen molar-refractivity contribution in [3.8, 4) is 0 Å². The van der Waals surface area contributed by atoms with E-state index in [1.807, 2.05) is 11.8 Å². The summed E-state index contributed by atoms with van der Waals surface area (Å²) in [5.74, 6) is 1.02. The molecule has 1 nitrogen and oxygen atoms in total. The van der Waals surface area contributed by atoms with Crippen LogP contribution in [0.2, 0.25) is 0 Å². The summed E-state index contributed by atoms with van der Waals surface area (Å²) >= 11 is 1.90. The molecule has 1 aromatic heterocycles. The quantitative estimate of drug-likeness (QED) is 0.329. The molecule has 3 rings (SSSR count). The number of hydrogen-bond acceptors (Lipinski definition) is 1. The molecule has 0 saturated heterocycles. The van der Waals surface area contributed by atoms with Crippen LogP contribution in [-0.2, 0) is 12.3 Å². The van der Waals surface area contributed by atoms with Crippen molar-refractivity contribution < 1.29 is 28.5 Å². The van der Waals surface area contributed by atoms with Crippen LogP contribution in [0.5, 0.6) is 0 Å². The van der Waals surface area contributed by atoms with Crippen molar-refractivity contribution in [2.24, 2.45) is 0 Å². The van der Waals surface area contributed by atoms with Crippen LogP contribution in [-0.4, -0.2) is 0 Å². The molecule has 0 amide bonds. The van der Waals surface area contributed by atoms with E-state index in [9.17, 15) is 0 Å². The largest absolute Gasteiger partial charge is 1.00 e. The van der Waals surface area contributed by atoms with Crippen LogP contribution < -0.4 is 28.5 Å². The summed E-state index contributed by atoms with van der Waals surface area (Å²) < 4.78 is 2.38. The zero-order valence-electron chi connectivity index (χ0n) is 14.1. The molecule has 0 fully saturated rings. The van der Waals surface area contributed by atoms with Gasteiger partial charge in [-0.15, -0.1) is 11.8 Å². The number of hydrogen-bond donors (Lipinski definition) is 0. The highest BCUT2D eigenvalue weighted by Crippen LogP contribution is 2.23. The second kappa shape index (κ2) is 9.23. The molecule has 124 valence electrons. The van der Waals surface area contributed by atoms with Gasteiger partial charge in [0.2, 0.25) is 0 Å². The maximum absolute atomic E-state index is 2.38. The van der Waals surface area contributed by atoms with Crippen molar-refractivity contribution in [2.75, 3.05) is 0 Å². The molecule has 0 atom stereocenters. The van der Waals surface area contributed by atoms with Crippen LogP contribution in [0.4, 0.5) is 0 Å². The third kappa shape index (κ3) is 5.08. The number of rotatable bonds is 5. The Bertz CT molecular complexity index is 749. The molecule has 0 aliphatic heterocycles. The maximum atomic E-state index is 2.38. The molecule has 0 saturated carbocycles. The molecule has 0 radical (unpaired) electrons. The van der Waals surface area contributed by atoms with E-state index in [2.05, 4.69) is 91.2 Å². The predicted molar refractivity (Wildman–Crippen MR) is 97.7 cm³/mol. The minimum Gasteiger partial charge on any atom is -1.00 e. The monoisotopic (exact) mass is 447 g/mol. The highest BCUT2D eigenvalue weighted by Gasteiger charge is 2.13. The highest BCUT2D eigenvalue weighted by molar-refractivity contribution is 7.98. The Morgan fingerprint density at radius 3 is 1.79 bits per heavy atom. The number of benzene rings is 2. The normalized spacial score (nSPS) is 10.2. The number of aryl methyl sites for hydroxylation is 2. The van der Waals surface area contributed by atoms with Crippen LogP contribution in [0.1, 0.15) is 22.5 Å². The first kappa shape index (κ1) is 19.0. The second-order valence-electron chi connectivity index (χ2n) is 5.82. The average Bonchev–Trinajstić information content (AvgIpc) is 2.58. The fourth-order valence-electron chi connectivity index (χ4n) is 2.73. The van der Waals surface area contributed by atoms with Crippen molar-refractivity contribution in [2.45, 2.75) is 31.0 Å². The van der Waals surface area contributed by atoms with Gasteiger partial charge in [0, 0.05) is 42.2 Å². The van der Waals surface area contributed by atoms with Gasteiger partial charge in [0.15, 0.2) is 17.9 Å². The zero-order valence-corrected chi connectivity index (χ0v) is 17.0. The van der Waals surface area contributed by atoms with Crippen molar-refractivity contribution in [3.05, 3.63) is 95.3 Å². The summed E-state index contributed by atoms with van der Waals surface area (Å²) in [6, 6.07) is 25.9. The van der Waals surface area contributed by atoms with E-state index in [1.165, 1.54) is 27.4 Å². The maximum Gasteiger partial charge on any atom is 0.179 e. The van der Waals surface area contributed by atoms with E-state index in [4.69, 9.17) is 0 Å². The Morgan fingerprint density at radius 2 is 1.25 bits per heavy atom. The molecule has 0 aliphatic carbocycles. The van der Waals surface area contributed by atoms with Crippen LogP contribution in [0.3, 0.4) is 0 Å². The van der Waals surface area contributed by atoms with Crippen molar-refractivity contribution in [1.82, 2.24) is 0 Å². The zero-order chi connectivity index (χ0) is 16.1. The SMILES string of the molecule is Cc1cc(SCc2ccccc2)cc(C)[n+]1Cc1ccccc1.[I-]. The van der Waals surface area contributed by atoms with Crippen molar-refractivity contribution in [1.29, 1.82) is 0 Å². The van der Waals surface area contributed by atoms with Gasteiger partial charge in [-0.2, -0.15) is 4.57 Å².